The maximum Gasteiger partial charge on any atom is 0.284 e. The second-order valence-corrected chi connectivity index (χ2v) is 6.28. The molecule has 0 heterocycles. The van der Waals surface area contributed by atoms with Crippen molar-refractivity contribution in [2.45, 2.75) is 4.90 Å². The molecule has 0 radical (unpaired) electrons. The predicted molar refractivity (Wildman–Crippen MR) is 84.6 cm³/mol. The van der Waals surface area contributed by atoms with E-state index in [-0.39, 0.29) is 4.90 Å². The average Bonchev–Trinajstić information content (AvgIpc) is 2.48. The Labute approximate surface area is 123 Å². The zero-order valence-corrected chi connectivity index (χ0v) is 12.5. The second kappa shape index (κ2) is 6.58. The summed E-state index contributed by atoms with van der Waals surface area (Å²) in [6.45, 7) is 0. The van der Waals surface area contributed by atoms with Gasteiger partial charge in [-0.1, -0.05) is 48.2 Å². The average molecular weight is 306 g/mol. The van der Waals surface area contributed by atoms with Gasteiger partial charge in [0.15, 0.2) is 5.17 Å². The summed E-state index contributed by atoms with van der Waals surface area (Å²) in [5.74, 6) is 0. The second-order valence-electron chi connectivity index (χ2n) is 3.88. The molecule has 1 N–H and O–H groups in total. The molecule has 0 spiro atoms. The van der Waals surface area contributed by atoms with Gasteiger partial charge in [-0.25, -0.2) is 0 Å². The van der Waals surface area contributed by atoms with Crippen LogP contribution in [0.5, 0.6) is 0 Å². The molecule has 2 aromatic carbocycles. The van der Waals surface area contributed by atoms with Crippen LogP contribution in [0.25, 0.3) is 0 Å². The van der Waals surface area contributed by atoms with Crippen molar-refractivity contribution in [3.63, 3.8) is 0 Å². The Morgan fingerprint density at radius 1 is 1.00 bits per heavy atom. The molecule has 6 heteroatoms. The standard InChI is InChI=1S/C14H14N2O2S2/c1-19-14(15-12-8-4-2-5-9-12)16-20(17,18)13-10-6-3-7-11-13/h2-11H,1H3,(H,15,16). The number of anilines is 1. The van der Waals surface area contributed by atoms with E-state index in [2.05, 4.69) is 9.71 Å². The van der Waals surface area contributed by atoms with Crippen molar-refractivity contribution in [2.24, 2.45) is 4.40 Å². The van der Waals surface area contributed by atoms with Crippen LogP contribution in [0, 0.1) is 0 Å². The highest BCUT2D eigenvalue weighted by molar-refractivity contribution is 8.14. The van der Waals surface area contributed by atoms with Crippen molar-refractivity contribution in [1.82, 2.24) is 0 Å². The highest BCUT2D eigenvalue weighted by atomic mass is 32.2. The lowest BCUT2D eigenvalue weighted by atomic mass is 10.3. The number of hydrogen-bond acceptors (Lipinski definition) is 3. The lowest BCUT2D eigenvalue weighted by Gasteiger charge is -2.07. The molecule has 20 heavy (non-hydrogen) atoms. The third-order valence-corrected chi connectivity index (χ3v) is 4.45. The van der Waals surface area contributed by atoms with E-state index in [1.165, 1.54) is 23.9 Å². The number of rotatable bonds is 3. The van der Waals surface area contributed by atoms with Crippen molar-refractivity contribution < 1.29 is 8.42 Å². The third kappa shape index (κ3) is 3.85. The van der Waals surface area contributed by atoms with Gasteiger partial charge in [0.1, 0.15) is 0 Å². The Kier molecular flexibility index (Phi) is 4.81. The minimum absolute atomic E-state index is 0.182. The number of benzene rings is 2. The zero-order valence-electron chi connectivity index (χ0n) is 10.9. The topological polar surface area (TPSA) is 58.5 Å². The molecular formula is C14H14N2O2S2. The number of thioether (sulfide) groups is 1. The van der Waals surface area contributed by atoms with Gasteiger partial charge in [-0.2, -0.15) is 8.42 Å². The van der Waals surface area contributed by atoms with Gasteiger partial charge in [0.25, 0.3) is 10.0 Å². The number of nitrogens with one attached hydrogen (secondary N) is 1. The first kappa shape index (κ1) is 14.6. The van der Waals surface area contributed by atoms with Crippen LogP contribution in [0.4, 0.5) is 5.69 Å². The minimum Gasteiger partial charge on any atom is -0.334 e. The van der Waals surface area contributed by atoms with Crippen molar-refractivity contribution in [1.29, 1.82) is 0 Å². The first-order valence-corrected chi connectivity index (χ1v) is 8.54. The maximum absolute atomic E-state index is 12.2. The van der Waals surface area contributed by atoms with Crippen molar-refractivity contribution in [3.05, 3.63) is 60.7 Å². The summed E-state index contributed by atoms with van der Waals surface area (Å²) >= 11 is 1.25. The molecular weight excluding hydrogens is 292 g/mol. The van der Waals surface area contributed by atoms with Gasteiger partial charge in [-0.15, -0.1) is 4.40 Å². The lowest BCUT2D eigenvalue weighted by Crippen LogP contribution is -2.10. The lowest BCUT2D eigenvalue weighted by molar-refractivity contribution is 0.598. The first-order valence-electron chi connectivity index (χ1n) is 5.88. The van der Waals surface area contributed by atoms with E-state index in [1.54, 1.807) is 24.5 Å². The largest absolute Gasteiger partial charge is 0.334 e. The van der Waals surface area contributed by atoms with Gasteiger partial charge in [0, 0.05) is 5.69 Å². The van der Waals surface area contributed by atoms with Crippen LogP contribution in [0.1, 0.15) is 0 Å². The van der Waals surface area contributed by atoms with Crippen LogP contribution in [0.3, 0.4) is 0 Å². The molecule has 0 unspecified atom stereocenters. The normalized spacial score (nSPS) is 12.2. The predicted octanol–water partition coefficient (Wildman–Crippen LogP) is 3.21. The number of hydrogen-bond donors (Lipinski definition) is 1. The van der Waals surface area contributed by atoms with E-state index in [0.717, 1.165) is 5.69 Å². The quantitative estimate of drug-likeness (QED) is 0.699. The fourth-order valence-electron chi connectivity index (χ4n) is 1.51. The van der Waals surface area contributed by atoms with Gasteiger partial charge in [0.05, 0.1) is 4.90 Å². The van der Waals surface area contributed by atoms with Gasteiger partial charge in [-0.3, -0.25) is 0 Å². The molecule has 0 aromatic heterocycles. The number of amidine groups is 1. The van der Waals surface area contributed by atoms with E-state index in [1.807, 2.05) is 30.3 Å². The Morgan fingerprint density at radius 2 is 1.55 bits per heavy atom. The van der Waals surface area contributed by atoms with E-state index in [0.29, 0.717) is 5.17 Å². The van der Waals surface area contributed by atoms with Gasteiger partial charge in [-0.05, 0) is 30.5 Å². The summed E-state index contributed by atoms with van der Waals surface area (Å²) in [6.07, 6.45) is 1.77. The van der Waals surface area contributed by atoms with Crippen molar-refractivity contribution >= 4 is 32.6 Å². The summed E-state index contributed by atoms with van der Waals surface area (Å²) in [6, 6.07) is 17.5. The molecule has 0 amide bonds. The molecule has 0 saturated heterocycles. The molecule has 104 valence electrons. The highest BCUT2D eigenvalue weighted by Crippen LogP contribution is 2.15. The molecule has 4 nitrogen and oxygen atoms in total. The summed E-state index contributed by atoms with van der Waals surface area (Å²) in [5, 5.41) is 3.32. The Bertz CT molecular complexity index is 684. The van der Waals surface area contributed by atoms with E-state index >= 15 is 0 Å². The number of sulfonamides is 1. The molecule has 0 atom stereocenters. The Hall–Kier alpha value is -1.79. The minimum atomic E-state index is -3.69. The van der Waals surface area contributed by atoms with Crippen LogP contribution >= 0.6 is 11.8 Å². The van der Waals surface area contributed by atoms with Crippen LogP contribution in [0.2, 0.25) is 0 Å². The SMILES string of the molecule is CS/C(=N\S(=O)(=O)c1ccccc1)Nc1ccccc1. The molecule has 0 fully saturated rings. The van der Waals surface area contributed by atoms with Crippen LogP contribution < -0.4 is 5.32 Å². The van der Waals surface area contributed by atoms with Crippen molar-refractivity contribution in [3.8, 4) is 0 Å². The number of para-hydroxylation sites is 1. The summed E-state index contributed by atoms with van der Waals surface area (Å²) in [4.78, 5) is 0.182. The summed E-state index contributed by atoms with van der Waals surface area (Å²) < 4.78 is 28.1. The maximum atomic E-state index is 12.2. The van der Waals surface area contributed by atoms with Gasteiger partial charge >= 0.3 is 0 Å². The summed E-state index contributed by atoms with van der Waals surface area (Å²) in [5.41, 5.74) is 0.795. The Balaban J connectivity index is 2.27. The molecule has 2 rings (SSSR count). The fourth-order valence-corrected chi connectivity index (χ4v) is 3.19. The van der Waals surface area contributed by atoms with Gasteiger partial charge < -0.3 is 5.32 Å². The summed E-state index contributed by atoms with van der Waals surface area (Å²) in [7, 11) is -3.69. The van der Waals surface area contributed by atoms with Crippen LogP contribution in [-0.2, 0) is 10.0 Å². The first-order chi connectivity index (χ1) is 9.62. The van der Waals surface area contributed by atoms with Crippen LogP contribution in [0.15, 0.2) is 70.0 Å². The third-order valence-electron chi connectivity index (χ3n) is 2.46. The molecule has 0 aliphatic heterocycles. The van der Waals surface area contributed by atoms with Crippen LogP contribution in [-0.4, -0.2) is 19.8 Å². The van der Waals surface area contributed by atoms with E-state index in [4.69, 9.17) is 0 Å². The Morgan fingerprint density at radius 3 is 2.10 bits per heavy atom. The smallest absolute Gasteiger partial charge is 0.284 e. The molecule has 0 aliphatic rings. The van der Waals surface area contributed by atoms with E-state index in [9.17, 15) is 8.42 Å². The van der Waals surface area contributed by atoms with E-state index < -0.39 is 10.0 Å². The molecule has 0 bridgehead atoms. The van der Waals surface area contributed by atoms with Gasteiger partial charge in [0.2, 0.25) is 0 Å². The fraction of sp³-hybridized carbons (Fsp3) is 0.0714. The van der Waals surface area contributed by atoms with Crippen molar-refractivity contribution in [2.75, 3.05) is 11.6 Å². The highest BCUT2D eigenvalue weighted by Gasteiger charge is 2.13. The monoisotopic (exact) mass is 306 g/mol. The molecule has 0 saturated carbocycles. The molecule has 2 aromatic rings. The zero-order chi connectivity index (χ0) is 14.4. The molecule has 0 aliphatic carbocycles. The number of nitrogens with zero attached hydrogens (tertiary/aromatic N) is 1.